The zero-order valence-electron chi connectivity index (χ0n) is 49.5. The molecule has 3 N–H and O–H groups in total. The van der Waals surface area contributed by atoms with Gasteiger partial charge in [-0.1, -0.05) is 104 Å². The number of aliphatic hydroxyl groups excluding tert-OH is 1. The predicted molar refractivity (Wildman–Crippen MR) is 207 cm³/mol. The maximum atomic E-state index is 15.9. The third-order valence-corrected chi connectivity index (χ3v) is 11.4. The van der Waals surface area contributed by atoms with Crippen LogP contribution in [0.1, 0.15) is 176 Å². The second kappa shape index (κ2) is 15.8. The molecule has 0 aromatic carbocycles. The van der Waals surface area contributed by atoms with E-state index >= 15 is 9.59 Å². The standard InChI is InChI=1S/C42H72N2O5S/c1-17-41-20-26(9)27(10)33(24(5)6)34(45)28(11)35(46)42(18-2,39(13,14)15)36(47)29(12)37(48)44-32(21-40(41,16)49-41)31(23(3)4)19-30-22-50-38(43-30)25(7)8/h19,22-29,32-34,36,45,47H,17-18,20-21H2,1-16H3,(H,44,48)/b31-19+/t26?,27?,28-,29?,32+,33+,34-,36+,40+,41-,42?/m1/s1/i11D3,17D2,18D2,20D2,21D2,24D,26D,27D,28D,32D,34D. The topological polar surface area (TPSA) is 112 Å². The molecule has 50 heavy (non-hydrogen) atoms. The van der Waals surface area contributed by atoms with Crippen LogP contribution in [0.15, 0.2) is 11.0 Å². The van der Waals surface area contributed by atoms with E-state index in [2.05, 4.69) is 10.3 Å². The molecule has 1 aromatic rings. The number of carbonyl (C=O) groups is 2. The van der Waals surface area contributed by atoms with Crippen molar-refractivity contribution in [3.8, 4) is 0 Å². The van der Waals surface area contributed by atoms with E-state index in [1.54, 1.807) is 5.38 Å². The van der Waals surface area contributed by atoms with Gasteiger partial charge >= 0.3 is 0 Å². The minimum absolute atomic E-state index is 0.0735. The average molecular weight is 734 g/mol. The van der Waals surface area contributed by atoms with E-state index < -0.39 is 126 Å². The number of ether oxygens (including phenoxy) is 1. The van der Waals surface area contributed by atoms with Crippen molar-refractivity contribution >= 4 is 29.1 Å². The Labute approximate surface area is 332 Å². The van der Waals surface area contributed by atoms with E-state index in [1.807, 2.05) is 13.8 Å². The van der Waals surface area contributed by atoms with Crippen molar-refractivity contribution in [3.63, 3.8) is 0 Å². The lowest BCUT2D eigenvalue weighted by atomic mass is 9.54. The monoisotopic (exact) mass is 734 g/mol. The lowest BCUT2D eigenvalue weighted by Crippen LogP contribution is -2.59. The molecule has 3 heterocycles. The molecule has 4 unspecified atom stereocenters. The number of hydrogen-bond donors (Lipinski definition) is 3. The molecule has 0 bridgehead atoms. The average Bonchev–Trinajstić information content (AvgIpc) is 3.54. The summed E-state index contributed by atoms with van der Waals surface area (Å²) in [6, 6.07) is -3.23. The second-order valence-electron chi connectivity index (χ2n) is 15.6. The van der Waals surface area contributed by atoms with Crippen molar-refractivity contribution < 1.29 is 47.8 Å². The van der Waals surface area contributed by atoms with Gasteiger partial charge in [0.25, 0.3) is 0 Å². The molecular weight excluding hydrogens is 645 g/mol. The van der Waals surface area contributed by atoms with E-state index in [9.17, 15) is 26.7 Å². The Morgan fingerprint density at radius 3 is 2.26 bits per heavy atom. The fourth-order valence-electron chi connectivity index (χ4n) is 6.88. The van der Waals surface area contributed by atoms with Crippen LogP contribution in [0.5, 0.6) is 0 Å². The Hall–Kier alpha value is -1.61. The molecule has 11 atom stereocenters. The summed E-state index contributed by atoms with van der Waals surface area (Å²) < 4.78 is 168. The molecule has 0 spiro atoms. The molecule has 1 aromatic heterocycles. The Morgan fingerprint density at radius 2 is 1.80 bits per heavy atom. The summed E-state index contributed by atoms with van der Waals surface area (Å²) in [7, 11) is 0. The largest absolute Gasteiger partial charge is 0.392 e. The van der Waals surface area contributed by atoms with Crippen LogP contribution in [0.4, 0.5) is 0 Å². The number of thiazole rings is 1. The van der Waals surface area contributed by atoms with Crippen molar-refractivity contribution in [1.29, 1.82) is 0 Å². The number of carbonyl (C=O) groups excluding carboxylic acids is 2. The van der Waals surface area contributed by atoms with Crippen LogP contribution >= 0.6 is 11.3 Å². The number of nitrogens with one attached hydrogen (secondary N) is 1. The molecule has 286 valence electrons. The van der Waals surface area contributed by atoms with Gasteiger partial charge in [-0.15, -0.1) is 11.3 Å². The summed E-state index contributed by atoms with van der Waals surface area (Å²) in [4.78, 5) is 35.5. The first kappa shape index (κ1) is 23.9. The minimum Gasteiger partial charge on any atom is -0.392 e. The Morgan fingerprint density at radius 1 is 1.18 bits per heavy atom. The van der Waals surface area contributed by atoms with Crippen molar-refractivity contribution in [3.05, 3.63) is 21.7 Å². The number of nitrogens with zero attached hydrogens (tertiary/aromatic N) is 1. The molecule has 8 heteroatoms. The number of rotatable bonds is 7. The number of aromatic nitrogens is 1. The van der Waals surface area contributed by atoms with Gasteiger partial charge in [0.05, 0.1) is 54.2 Å². The summed E-state index contributed by atoms with van der Waals surface area (Å²) >= 11 is 1.24. The molecule has 7 nitrogen and oxygen atoms in total. The summed E-state index contributed by atoms with van der Waals surface area (Å²) in [5, 5.41) is 30.0. The third-order valence-electron chi connectivity index (χ3n) is 10.2. The van der Waals surface area contributed by atoms with Crippen molar-refractivity contribution in [2.45, 2.75) is 172 Å². The van der Waals surface area contributed by atoms with Crippen LogP contribution in [-0.2, 0) is 14.3 Å². The van der Waals surface area contributed by atoms with Gasteiger partial charge in [0.2, 0.25) is 5.91 Å². The molecule has 2 fully saturated rings. The van der Waals surface area contributed by atoms with Gasteiger partial charge in [0, 0.05) is 44.1 Å². The van der Waals surface area contributed by atoms with Crippen LogP contribution in [0.3, 0.4) is 0 Å². The maximum Gasteiger partial charge on any atom is 0.225 e. The quantitative estimate of drug-likeness (QED) is 0.241. The Bertz CT molecular complexity index is 2080. The molecule has 1 amide bonds. The zero-order chi connectivity index (χ0) is 53.5. The lowest BCUT2D eigenvalue weighted by molar-refractivity contribution is -0.164. The number of hydrogen-bond acceptors (Lipinski definition) is 7. The number of fused-ring (bicyclic) bond motifs is 1. The highest BCUT2D eigenvalue weighted by molar-refractivity contribution is 7.09. The van der Waals surface area contributed by atoms with Gasteiger partial charge < -0.3 is 20.3 Å². The molecule has 0 radical (unpaired) electrons. The molecular formula is C42H72N2O5S. The highest BCUT2D eigenvalue weighted by atomic mass is 32.1. The first-order valence-corrected chi connectivity index (χ1v) is 18.2. The van der Waals surface area contributed by atoms with E-state index in [0.29, 0.717) is 11.9 Å². The van der Waals surface area contributed by atoms with Crippen LogP contribution in [0.25, 0.3) is 6.08 Å². The minimum atomic E-state index is -4.42. The van der Waals surface area contributed by atoms with E-state index in [1.165, 1.54) is 52.0 Å². The fourth-order valence-corrected chi connectivity index (χ4v) is 7.68. The van der Waals surface area contributed by atoms with Crippen LogP contribution in [-0.4, -0.2) is 56.3 Å². The van der Waals surface area contributed by atoms with Gasteiger partial charge in [0.15, 0.2) is 0 Å². The summed E-state index contributed by atoms with van der Waals surface area (Å²) in [6.45, 7) is 12.8. The number of aliphatic hydroxyl groups is 2. The molecule has 3 rings (SSSR count). The highest BCUT2D eigenvalue weighted by Crippen LogP contribution is 2.58. The normalized spacial score (nSPS) is 53.9. The van der Waals surface area contributed by atoms with Gasteiger partial charge in [-0.2, -0.15) is 0 Å². The van der Waals surface area contributed by atoms with Gasteiger partial charge in [-0.05, 0) is 72.6 Å². The predicted octanol–water partition coefficient (Wildman–Crippen LogP) is 9.07. The zero-order valence-corrected chi connectivity index (χ0v) is 33.3. The van der Waals surface area contributed by atoms with E-state index in [-0.39, 0.29) is 17.2 Å². The van der Waals surface area contributed by atoms with Gasteiger partial charge in [-0.3, -0.25) is 9.59 Å². The van der Waals surface area contributed by atoms with Crippen molar-refractivity contribution in [2.75, 3.05) is 0 Å². The molecule has 0 saturated carbocycles. The number of ketones is 1. The smallest absolute Gasteiger partial charge is 0.225 e. The molecule has 2 saturated heterocycles. The Balaban J connectivity index is 2.89. The second-order valence-corrected chi connectivity index (χ2v) is 16.5. The molecule has 2 aliphatic rings. The number of amides is 1. The Kier molecular flexibility index (Phi) is 7.55. The first-order chi connectivity index (χ1) is 29.1. The molecule has 0 aliphatic carbocycles. The van der Waals surface area contributed by atoms with Crippen molar-refractivity contribution in [1.82, 2.24) is 10.3 Å². The lowest BCUT2D eigenvalue weighted by Gasteiger charge is -2.50. The maximum absolute atomic E-state index is 15.9. The summed E-state index contributed by atoms with van der Waals surface area (Å²) in [5.74, 6) is -23.4. The highest BCUT2D eigenvalue weighted by Gasteiger charge is 2.66. The summed E-state index contributed by atoms with van der Waals surface area (Å²) in [6.07, 6.45) is -19.4. The SMILES string of the molecule is [2H]C(C)(C)[C@H]1C([2H])(C)C([2H])(C)C([2H])([2H])[C@@]2(C([2H])([2H])C)O[C@@]2(C)C([2H])([2H])[C@@]([2H])(/C(=C/c2csc(C(C)C)n2)C(C)C)NC(=O)C(C)[C@H](O)C(C([2H])([2H])C)(C(C)(C)C)C(=O)[C@]([2H])(C([2H])([2H])[2H])[C@@]1([2H])O. The van der Waals surface area contributed by atoms with E-state index in [4.69, 9.17) is 11.6 Å². The molecule has 2 aliphatic heterocycles. The fraction of sp³-hybridized carbons (Fsp3) is 0.833. The van der Waals surface area contributed by atoms with Crippen LogP contribution in [0.2, 0.25) is 0 Å². The van der Waals surface area contributed by atoms with Gasteiger partial charge in [-0.25, -0.2) is 4.98 Å². The summed E-state index contributed by atoms with van der Waals surface area (Å²) in [5.41, 5.74) is -11.7. The van der Waals surface area contributed by atoms with Gasteiger partial charge in [0.1, 0.15) is 5.78 Å². The van der Waals surface area contributed by atoms with E-state index in [0.717, 1.165) is 48.5 Å². The number of Topliss-reactive ketones (excluding diaryl/α,β-unsaturated/α-hetero) is 1. The van der Waals surface area contributed by atoms with Crippen molar-refractivity contribution in [2.24, 2.45) is 52.2 Å². The first-order valence-electron chi connectivity index (χ1n) is 25.8. The van der Waals surface area contributed by atoms with Crippen LogP contribution < -0.4 is 5.32 Å². The van der Waals surface area contributed by atoms with Crippen LogP contribution in [0, 0.1) is 52.2 Å². The third kappa shape index (κ3) is 7.99. The number of epoxide rings is 1.